The van der Waals surface area contributed by atoms with Gasteiger partial charge in [-0.05, 0) is 30.7 Å². The fourth-order valence-corrected chi connectivity index (χ4v) is 2.73. The van der Waals surface area contributed by atoms with Crippen molar-refractivity contribution < 1.29 is 4.74 Å². The van der Waals surface area contributed by atoms with Crippen molar-refractivity contribution in [1.29, 1.82) is 0 Å². The fraction of sp³-hybridized carbons (Fsp3) is 0.214. The minimum absolute atomic E-state index is 0.427. The third-order valence-corrected chi connectivity index (χ3v) is 3.65. The largest absolute Gasteiger partial charge is 0.487 e. The van der Waals surface area contributed by atoms with Gasteiger partial charge < -0.3 is 4.74 Å². The summed E-state index contributed by atoms with van der Waals surface area (Å²) in [5, 5.41) is 1.75. The van der Waals surface area contributed by atoms with Crippen LogP contribution in [0.3, 0.4) is 0 Å². The maximum absolute atomic E-state index is 6.17. The van der Waals surface area contributed by atoms with Crippen LogP contribution in [0, 0.1) is 6.92 Å². The van der Waals surface area contributed by atoms with E-state index in [1.54, 1.807) is 12.3 Å². The van der Waals surface area contributed by atoms with Gasteiger partial charge in [0.2, 0.25) is 0 Å². The van der Waals surface area contributed by atoms with Crippen molar-refractivity contribution in [1.82, 2.24) is 4.98 Å². The number of aromatic nitrogens is 1. The zero-order valence-corrected chi connectivity index (χ0v) is 13.4. The highest BCUT2D eigenvalue weighted by Gasteiger charge is 2.10. The molecule has 2 rings (SSSR count). The summed E-state index contributed by atoms with van der Waals surface area (Å²) >= 11 is 15.5. The number of rotatable bonds is 4. The van der Waals surface area contributed by atoms with Crippen LogP contribution in [-0.4, -0.2) is 4.98 Å². The van der Waals surface area contributed by atoms with Gasteiger partial charge in [0.15, 0.2) is 0 Å². The SMILES string of the molecule is Cc1cncc(COc2c(Cl)cc(Cl)cc2CBr)c1. The molecular weight excluding hydrogens is 349 g/mol. The van der Waals surface area contributed by atoms with E-state index in [9.17, 15) is 0 Å². The predicted molar refractivity (Wildman–Crippen MR) is 82.4 cm³/mol. The van der Waals surface area contributed by atoms with Gasteiger partial charge >= 0.3 is 0 Å². The Labute approximate surface area is 130 Å². The van der Waals surface area contributed by atoms with E-state index >= 15 is 0 Å². The highest BCUT2D eigenvalue weighted by Crippen LogP contribution is 2.34. The maximum Gasteiger partial charge on any atom is 0.142 e. The van der Waals surface area contributed by atoms with Crippen molar-refractivity contribution in [3.05, 3.63) is 57.3 Å². The summed E-state index contributed by atoms with van der Waals surface area (Å²) in [6, 6.07) is 5.55. The normalized spacial score (nSPS) is 10.5. The summed E-state index contributed by atoms with van der Waals surface area (Å²) in [6.07, 6.45) is 3.59. The first-order valence-corrected chi connectivity index (χ1v) is 7.55. The van der Waals surface area contributed by atoms with Crippen LogP contribution in [0.1, 0.15) is 16.7 Å². The second-order valence-corrected chi connectivity index (χ2v) is 5.57. The zero-order valence-electron chi connectivity index (χ0n) is 10.3. The topological polar surface area (TPSA) is 22.1 Å². The highest BCUT2D eigenvalue weighted by atomic mass is 79.9. The Bertz CT molecular complexity index is 590. The molecule has 0 unspecified atom stereocenters. The molecule has 0 aliphatic carbocycles. The average Bonchev–Trinajstić information content (AvgIpc) is 2.37. The Morgan fingerprint density at radius 2 is 2.00 bits per heavy atom. The van der Waals surface area contributed by atoms with Gasteiger partial charge in [-0.1, -0.05) is 39.1 Å². The summed E-state index contributed by atoms with van der Waals surface area (Å²) in [4.78, 5) is 4.13. The molecule has 0 aliphatic rings. The summed E-state index contributed by atoms with van der Waals surface area (Å²) in [7, 11) is 0. The number of aryl methyl sites for hydroxylation is 1. The maximum atomic E-state index is 6.17. The molecule has 0 spiro atoms. The van der Waals surface area contributed by atoms with Crippen LogP contribution in [-0.2, 0) is 11.9 Å². The molecule has 2 aromatic rings. The molecule has 0 amide bonds. The van der Waals surface area contributed by atoms with Gasteiger partial charge in [-0.25, -0.2) is 0 Å². The number of hydrogen-bond donors (Lipinski definition) is 0. The van der Waals surface area contributed by atoms with Crippen LogP contribution < -0.4 is 4.74 Å². The quantitative estimate of drug-likeness (QED) is 0.701. The highest BCUT2D eigenvalue weighted by molar-refractivity contribution is 9.08. The summed E-state index contributed by atoms with van der Waals surface area (Å²) < 4.78 is 5.79. The van der Waals surface area contributed by atoms with Gasteiger partial charge in [0.1, 0.15) is 12.4 Å². The molecule has 0 N–H and O–H groups in total. The van der Waals surface area contributed by atoms with E-state index in [-0.39, 0.29) is 0 Å². The number of pyridine rings is 1. The molecule has 1 heterocycles. The molecule has 0 bridgehead atoms. The van der Waals surface area contributed by atoms with Gasteiger partial charge in [-0.2, -0.15) is 0 Å². The first-order valence-electron chi connectivity index (χ1n) is 5.67. The molecule has 1 aromatic heterocycles. The van der Waals surface area contributed by atoms with Crippen LogP contribution >= 0.6 is 39.1 Å². The number of alkyl halides is 1. The van der Waals surface area contributed by atoms with E-state index in [0.717, 1.165) is 16.7 Å². The Morgan fingerprint density at radius 3 is 2.68 bits per heavy atom. The fourth-order valence-electron chi connectivity index (χ4n) is 1.73. The van der Waals surface area contributed by atoms with Crippen LogP contribution in [0.5, 0.6) is 5.75 Å². The van der Waals surface area contributed by atoms with Gasteiger partial charge in [0.05, 0.1) is 5.02 Å². The number of halogens is 3. The molecule has 0 saturated carbocycles. The van der Waals surface area contributed by atoms with E-state index in [1.807, 2.05) is 25.3 Å². The van der Waals surface area contributed by atoms with Crippen LogP contribution in [0.25, 0.3) is 0 Å². The van der Waals surface area contributed by atoms with E-state index < -0.39 is 0 Å². The first kappa shape index (κ1) is 14.6. The molecule has 0 atom stereocenters. The lowest BCUT2D eigenvalue weighted by Gasteiger charge is -2.12. The van der Waals surface area contributed by atoms with Crippen molar-refractivity contribution in [3.8, 4) is 5.75 Å². The summed E-state index contributed by atoms with van der Waals surface area (Å²) in [6.45, 7) is 2.42. The van der Waals surface area contributed by atoms with Crippen LogP contribution in [0.4, 0.5) is 0 Å². The molecule has 19 heavy (non-hydrogen) atoms. The average molecular weight is 361 g/mol. The van der Waals surface area contributed by atoms with E-state index in [2.05, 4.69) is 20.9 Å². The van der Waals surface area contributed by atoms with E-state index in [4.69, 9.17) is 27.9 Å². The number of benzene rings is 1. The minimum Gasteiger partial charge on any atom is -0.487 e. The lowest BCUT2D eigenvalue weighted by molar-refractivity contribution is 0.303. The number of nitrogens with zero attached hydrogens (tertiary/aromatic N) is 1. The molecule has 2 nitrogen and oxygen atoms in total. The van der Waals surface area contributed by atoms with E-state index in [0.29, 0.717) is 27.7 Å². The summed E-state index contributed by atoms with van der Waals surface area (Å²) in [5.74, 6) is 0.657. The smallest absolute Gasteiger partial charge is 0.142 e. The van der Waals surface area contributed by atoms with Gasteiger partial charge in [0, 0.05) is 33.9 Å². The van der Waals surface area contributed by atoms with Crippen LogP contribution in [0.2, 0.25) is 10.0 Å². The second-order valence-electron chi connectivity index (χ2n) is 4.17. The van der Waals surface area contributed by atoms with Crippen molar-refractivity contribution in [2.45, 2.75) is 18.9 Å². The van der Waals surface area contributed by atoms with Gasteiger partial charge in [-0.15, -0.1) is 0 Å². The predicted octanol–water partition coefficient (Wildman–Crippen LogP) is 5.17. The number of ether oxygens (including phenoxy) is 1. The van der Waals surface area contributed by atoms with Gasteiger partial charge in [0.25, 0.3) is 0 Å². The first-order chi connectivity index (χ1) is 9.10. The van der Waals surface area contributed by atoms with Crippen molar-refractivity contribution in [3.63, 3.8) is 0 Å². The molecule has 1 aromatic carbocycles. The Kier molecular flexibility index (Phi) is 5.08. The zero-order chi connectivity index (χ0) is 13.8. The lowest BCUT2D eigenvalue weighted by Crippen LogP contribution is -1.99. The second kappa shape index (κ2) is 6.60. The van der Waals surface area contributed by atoms with Crippen molar-refractivity contribution in [2.24, 2.45) is 0 Å². The third kappa shape index (κ3) is 3.85. The molecule has 0 fully saturated rings. The minimum atomic E-state index is 0.427. The molecule has 0 aliphatic heterocycles. The lowest BCUT2D eigenvalue weighted by atomic mass is 10.2. The molecule has 100 valence electrons. The van der Waals surface area contributed by atoms with Crippen LogP contribution in [0.15, 0.2) is 30.6 Å². The molecule has 0 radical (unpaired) electrons. The number of hydrogen-bond acceptors (Lipinski definition) is 2. The summed E-state index contributed by atoms with van der Waals surface area (Å²) in [5.41, 5.74) is 3.04. The Morgan fingerprint density at radius 1 is 1.21 bits per heavy atom. The Balaban J connectivity index is 2.19. The van der Waals surface area contributed by atoms with Crippen molar-refractivity contribution >= 4 is 39.1 Å². The Hall–Kier alpha value is -0.770. The third-order valence-electron chi connectivity index (χ3n) is 2.54. The standard InChI is InChI=1S/C14H12BrCl2NO/c1-9-2-10(7-18-6-9)8-19-14-11(5-15)3-12(16)4-13(14)17/h2-4,6-7H,5,8H2,1H3. The molecule has 5 heteroatoms. The molecular formula is C14H12BrCl2NO. The molecule has 0 saturated heterocycles. The van der Waals surface area contributed by atoms with Gasteiger partial charge in [-0.3, -0.25) is 4.98 Å². The van der Waals surface area contributed by atoms with E-state index in [1.165, 1.54) is 0 Å². The monoisotopic (exact) mass is 359 g/mol. The van der Waals surface area contributed by atoms with Crippen molar-refractivity contribution in [2.75, 3.05) is 0 Å².